The van der Waals surface area contributed by atoms with Crippen molar-refractivity contribution < 1.29 is 14.3 Å². The second-order valence-electron chi connectivity index (χ2n) is 3.84. The first-order chi connectivity index (χ1) is 7.15. The van der Waals surface area contributed by atoms with Crippen LogP contribution >= 0.6 is 12.6 Å². The molecular weight excluding hydrogens is 214 g/mol. The van der Waals surface area contributed by atoms with Crippen LogP contribution in [0.4, 0.5) is 0 Å². The van der Waals surface area contributed by atoms with Crippen LogP contribution in [0.5, 0.6) is 0 Å². The zero-order valence-electron chi connectivity index (χ0n) is 8.94. The Morgan fingerprint density at radius 1 is 1.33 bits per heavy atom. The topological polar surface area (TPSA) is 46.6 Å². The van der Waals surface area contributed by atoms with Crippen molar-refractivity contribution in [2.45, 2.75) is 19.8 Å². The quantitative estimate of drug-likeness (QED) is 0.560. The summed E-state index contributed by atoms with van der Waals surface area (Å²) in [4.78, 5) is 24.0. The minimum Gasteiger partial charge on any atom is -0.362 e. The van der Waals surface area contributed by atoms with Crippen LogP contribution in [-0.4, -0.2) is 42.2 Å². The highest BCUT2D eigenvalue weighted by Gasteiger charge is 2.26. The van der Waals surface area contributed by atoms with E-state index >= 15 is 0 Å². The zero-order chi connectivity index (χ0) is 11.3. The normalized spacial score (nSPS) is 19.5. The molecule has 15 heavy (non-hydrogen) atoms. The summed E-state index contributed by atoms with van der Waals surface area (Å²) in [5.41, 5.74) is 0. The van der Waals surface area contributed by atoms with E-state index in [-0.39, 0.29) is 25.0 Å². The Kier molecular flexibility index (Phi) is 5.11. The van der Waals surface area contributed by atoms with Gasteiger partial charge in [0, 0.05) is 6.54 Å². The summed E-state index contributed by atoms with van der Waals surface area (Å²) in [5.74, 6) is 0.895. The molecule has 1 atom stereocenters. The first-order valence-corrected chi connectivity index (χ1v) is 5.80. The van der Waals surface area contributed by atoms with Crippen molar-refractivity contribution in [3.05, 3.63) is 0 Å². The van der Waals surface area contributed by atoms with E-state index < -0.39 is 0 Å². The lowest BCUT2D eigenvalue weighted by Gasteiger charge is -2.25. The van der Waals surface area contributed by atoms with Crippen LogP contribution in [0.3, 0.4) is 0 Å². The van der Waals surface area contributed by atoms with Gasteiger partial charge in [0.1, 0.15) is 13.2 Å². The van der Waals surface area contributed by atoms with E-state index in [1.54, 1.807) is 0 Å². The monoisotopic (exact) mass is 231 g/mol. The number of hydrogen-bond acceptors (Lipinski definition) is 4. The SMILES string of the molecule is CC(CCS)CCN1C(=O)COCC1=O. The van der Waals surface area contributed by atoms with Gasteiger partial charge in [-0.1, -0.05) is 6.92 Å². The van der Waals surface area contributed by atoms with E-state index in [1.807, 2.05) is 0 Å². The lowest BCUT2D eigenvalue weighted by atomic mass is 10.0. The van der Waals surface area contributed by atoms with Crippen molar-refractivity contribution in [3.63, 3.8) is 0 Å². The van der Waals surface area contributed by atoms with Gasteiger partial charge < -0.3 is 4.74 Å². The fraction of sp³-hybridized carbons (Fsp3) is 0.800. The predicted molar refractivity (Wildman–Crippen MR) is 59.8 cm³/mol. The van der Waals surface area contributed by atoms with Gasteiger partial charge in [0.05, 0.1) is 0 Å². The molecule has 1 rings (SSSR count). The molecule has 0 N–H and O–H groups in total. The lowest BCUT2D eigenvalue weighted by Crippen LogP contribution is -2.46. The van der Waals surface area contributed by atoms with Gasteiger partial charge in [-0.2, -0.15) is 12.6 Å². The number of ether oxygens (including phenoxy) is 1. The number of morpholine rings is 1. The Balaban J connectivity index is 2.35. The van der Waals surface area contributed by atoms with Crippen LogP contribution in [0.2, 0.25) is 0 Å². The average molecular weight is 231 g/mol. The van der Waals surface area contributed by atoms with Crippen LogP contribution in [0.1, 0.15) is 19.8 Å². The molecular formula is C10H17NO3S. The van der Waals surface area contributed by atoms with Gasteiger partial charge in [-0.05, 0) is 24.5 Å². The molecule has 1 aliphatic rings. The fourth-order valence-electron chi connectivity index (χ4n) is 1.48. The Bertz CT molecular complexity index is 229. The fourth-order valence-corrected chi connectivity index (χ4v) is 1.92. The Morgan fingerprint density at radius 3 is 2.47 bits per heavy atom. The molecule has 5 heteroatoms. The second kappa shape index (κ2) is 6.12. The standard InChI is InChI=1S/C10H17NO3S/c1-8(3-5-15)2-4-11-9(12)6-14-7-10(11)13/h8,15H,2-7H2,1H3. The van der Waals surface area contributed by atoms with Crippen LogP contribution in [0.15, 0.2) is 0 Å². The highest BCUT2D eigenvalue weighted by molar-refractivity contribution is 7.80. The molecule has 1 fully saturated rings. The molecule has 0 aliphatic carbocycles. The molecule has 1 unspecified atom stereocenters. The molecule has 0 spiro atoms. The first-order valence-electron chi connectivity index (χ1n) is 5.17. The number of carbonyl (C=O) groups excluding carboxylic acids is 2. The summed E-state index contributed by atoms with van der Waals surface area (Å²) >= 11 is 4.15. The van der Waals surface area contributed by atoms with Crippen LogP contribution in [0, 0.1) is 5.92 Å². The van der Waals surface area contributed by atoms with Crippen LogP contribution in [-0.2, 0) is 14.3 Å². The van der Waals surface area contributed by atoms with E-state index in [2.05, 4.69) is 19.6 Å². The molecule has 4 nitrogen and oxygen atoms in total. The largest absolute Gasteiger partial charge is 0.362 e. The molecule has 0 aromatic rings. The van der Waals surface area contributed by atoms with Crippen molar-refractivity contribution in [1.29, 1.82) is 0 Å². The van der Waals surface area contributed by atoms with Crippen LogP contribution < -0.4 is 0 Å². The van der Waals surface area contributed by atoms with Gasteiger partial charge in [0.15, 0.2) is 0 Å². The third-order valence-corrected chi connectivity index (χ3v) is 2.78. The number of nitrogens with zero attached hydrogens (tertiary/aromatic N) is 1. The number of hydrogen-bond donors (Lipinski definition) is 1. The molecule has 0 radical (unpaired) electrons. The maximum Gasteiger partial charge on any atom is 0.255 e. The van der Waals surface area contributed by atoms with Gasteiger partial charge in [0.2, 0.25) is 0 Å². The third kappa shape index (κ3) is 3.83. The summed E-state index contributed by atoms with van der Waals surface area (Å²) in [6.45, 7) is 2.68. The zero-order valence-corrected chi connectivity index (χ0v) is 9.83. The predicted octanol–water partition coefficient (Wildman–Crippen LogP) is 0.718. The van der Waals surface area contributed by atoms with Gasteiger partial charge in [-0.3, -0.25) is 14.5 Å². The summed E-state index contributed by atoms with van der Waals surface area (Å²) in [6.07, 6.45) is 1.86. The van der Waals surface area contributed by atoms with E-state index in [9.17, 15) is 9.59 Å². The smallest absolute Gasteiger partial charge is 0.255 e. The number of thiol groups is 1. The highest BCUT2D eigenvalue weighted by atomic mass is 32.1. The molecule has 0 aromatic heterocycles. The van der Waals surface area contributed by atoms with Gasteiger partial charge in [-0.15, -0.1) is 0 Å². The third-order valence-electron chi connectivity index (χ3n) is 2.52. The summed E-state index contributed by atoms with van der Waals surface area (Å²) in [6, 6.07) is 0. The molecule has 86 valence electrons. The number of rotatable bonds is 5. The first kappa shape index (κ1) is 12.5. The molecule has 2 amide bonds. The van der Waals surface area contributed by atoms with Crippen molar-refractivity contribution in [1.82, 2.24) is 4.90 Å². The molecule has 1 aliphatic heterocycles. The highest BCUT2D eigenvalue weighted by Crippen LogP contribution is 2.11. The molecule has 1 saturated heterocycles. The minimum absolute atomic E-state index is 0.0344. The number of amides is 2. The van der Waals surface area contributed by atoms with Gasteiger partial charge in [-0.25, -0.2) is 0 Å². The summed E-state index contributed by atoms with van der Waals surface area (Å²) < 4.78 is 4.83. The number of carbonyl (C=O) groups is 2. The maximum absolute atomic E-state index is 11.3. The van der Waals surface area contributed by atoms with E-state index in [0.29, 0.717) is 12.5 Å². The number of imide groups is 1. The Labute approximate surface area is 95.4 Å². The maximum atomic E-state index is 11.3. The lowest BCUT2D eigenvalue weighted by molar-refractivity contribution is -0.158. The van der Waals surface area contributed by atoms with Crippen LogP contribution in [0.25, 0.3) is 0 Å². The van der Waals surface area contributed by atoms with Crippen molar-refractivity contribution in [2.24, 2.45) is 5.92 Å². The van der Waals surface area contributed by atoms with E-state index in [0.717, 1.165) is 18.6 Å². The summed E-state index contributed by atoms with van der Waals surface area (Å²) in [5, 5.41) is 0. The molecule has 1 heterocycles. The van der Waals surface area contributed by atoms with Crippen molar-refractivity contribution >= 4 is 24.4 Å². The van der Waals surface area contributed by atoms with Crippen molar-refractivity contribution in [3.8, 4) is 0 Å². The Morgan fingerprint density at radius 2 is 1.93 bits per heavy atom. The van der Waals surface area contributed by atoms with Crippen molar-refractivity contribution in [2.75, 3.05) is 25.5 Å². The van der Waals surface area contributed by atoms with Gasteiger partial charge >= 0.3 is 0 Å². The van der Waals surface area contributed by atoms with E-state index in [4.69, 9.17) is 4.74 Å². The van der Waals surface area contributed by atoms with E-state index in [1.165, 1.54) is 4.90 Å². The minimum atomic E-state index is -0.218. The second-order valence-corrected chi connectivity index (χ2v) is 4.29. The molecule has 0 aromatic carbocycles. The Hall–Kier alpha value is -0.550. The van der Waals surface area contributed by atoms with Gasteiger partial charge in [0.25, 0.3) is 11.8 Å². The molecule has 0 saturated carbocycles. The molecule has 0 bridgehead atoms. The summed E-state index contributed by atoms with van der Waals surface area (Å²) in [7, 11) is 0. The average Bonchev–Trinajstić information content (AvgIpc) is 2.17.